The molecule has 0 radical (unpaired) electrons. The van der Waals surface area contributed by atoms with Crippen LogP contribution in [0.25, 0.3) is 50.4 Å². The second kappa shape index (κ2) is 8.06. The van der Waals surface area contributed by atoms with E-state index >= 15 is 0 Å². The van der Waals surface area contributed by atoms with Crippen LogP contribution in [-0.4, -0.2) is 15.0 Å². The smallest absolute Gasteiger partial charge is 0.250 e. The van der Waals surface area contributed by atoms with Crippen LogP contribution in [0, 0.1) is 0 Å². The Kier molecular flexibility index (Phi) is 5.08. The number of halogens is 1. The third kappa shape index (κ3) is 3.70. The Bertz CT molecular complexity index is 1570. The van der Waals surface area contributed by atoms with Crippen LogP contribution in [0.4, 0.5) is 0 Å². The molecule has 0 saturated heterocycles. The molecule has 0 fully saturated rings. The predicted octanol–water partition coefficient (Wildman–Crippen LogP) is 6.88. The van der Waals surface area contributed by atoms with Gasteiger partial charge in [0.1, 0.15) is 5.65 Å². The highest BCUT2D eigenvalue weighted by Gasteiger charge is 2.15. The van der Waals surface area contributed by atoms with Gasteiger partial charge in [0.15, 0.2) is 0 Å². The molecule has 0 amide bonds. The van der Waals surface area contributed by atoms with Gasteiger partial charge in [0.2, 0.25) is 5.56 Å². The largest absolute Gasteiger partial charge is 0.307 e. The van der Waals surface area contributed by atoms with E-state index in [0.29, 0.717) is 10.7 Å². The Morgan fingerprint density at radius 3 is 2.56 bits per heavy atom. The first-order valence-electron chi connectivity index (χ1n) is 10.3. The van der Waals surface area contributed by atoms with Gasteiger partial charge < -0.3 is 4.98 Å². The molecule has 0 atom stereocenters. The lowest BCUT2D eigenvalue weighted by Gasteiger charge is -2.14. The van der Waals surface area contributed by atoms with E-state index in [9.17, 15) is 4.79 Å². The number of hydrogen-bond donors (Lipinski definition) is 1. The molecule has 0 saturated carbocycles. The summed E-state index contributed by atoms with van der Waals surface area (Å²) in [6, 6.07) is 21.6. The summed E-state index contributed by atoms with van der Waals surface area (Å²) < 4.78 is 0. The number of nitrogens with zero attached hydrogens (tertiary/aromatic N) is 2. The van der Waals surface area contributed by atoms with Crippen LogP contribution in [-0.2, 0) is 0 Å². The Labute approximate surface area is 190 Å². The van der Waals surface area contributed by atoms with Gasteiger partial charge in [0, 0.05) is 34.2 Å². The number of benzene rings is 2. The predicted molar refractivity (Wildman–Crippen MR) is 133 cm³/mol. The van der Waals surface area contributed by atoms with E-state index in [1.165, 1.54) is 0 Å². The van der Waals surface area contributed by atoms with Crippen LogP contribution in [0.3, 0.4) is 0 Å². The molecule has 0 bridgehead atoms. The number of hydrogen-bond acceptors (Lipinski definition) is 3. The zero-order valence-electron chi connectivity index (χ0n) is 17.7. The molecular weight excluding hydrogens is 418 g/mol. The van der Waals surface area contributed by atoms with Gasteiger partial charge in [-0.05, 0) is 49.2 Å². The maximum atomic E-state index is 12.3. The number of aromatic nitrogens is 3. The van der Waals surface area contributed by atoms with Crippen molar-refractivity contribution in [3.63, 3.8) is 0 Å². The summed E-state index contributed by atoms with van der Waals surface area (Å²) in [4.78, 5) is 24.6. The molecule has 32 heavy (non-hydrogen) atoms. The van der Waals surface area contributed by atoms with Gasteiger partial charge in [-0.3, -0.25) is 9.78 Å². The van der Waals surface area contributed by atoms with Crippen molar-refractivity contribution in [2.75, 3.05) is 0 Å². The highest BCUT2D eigenvalue weighted by atomic mass is 35.5. The Balaban J connectivity index is 1.89. The fraction of sp³-hybridized carbons (Fsp3) is 0.0741. The number of H-pyrrole nitrogens is 1. The van der Waals surface area contributed by atoms with Crippen molar-refractivity contribution >= 4 is 39.6 Å². The molecule has 5 heteroatoms. The summed E-state index contributed by atoms with van der Waals surface area (Å²) in [5.74, 6) is 0. The summed E-state index contributed by atoms with van der Waals surface area (Å²) in [6.45, 7) is 4.02. The van der Waals surface area contributed by atoms with Gasteiger partial charge >= 0.3 is 0 Å². The molecule has 0 unspecified atom stereocenters. The van der Waals surface area contributed by atoms with E-state index in [2.05, 4.69) is 22.1 Å². The minimum atomic E-state index is -0.177. The monoisotopic (exact) mass is 437 g/mol. The third-order valence-electron chi connectivity index (χ3n) is 5.32. The summed E-state index contributed by atoms with van der Waals surface area (Å²) in [5.41, 5.74) is 6.70. The second-order valence-corrected chi connectivity index (χ2v) is 8.40. The van der Waals surface area contributed by atoms with Crippen LogP contribution in [0.15, 0.2) is 83.3 Å². The maximum Gasteiger partial charge on any atom is 0.250 e. The van der Waals surface area contributed by atoms with Crippen molar-refractivity contribution in [1.29, 1.82) is 0 Å². The minimum absolute atomic E-state index is 0.177. The molecule has 4 nitrogen and oxygen atoms in total. The van der Waals surface area contributed by atoms with Crippen molar-refractivity contribution in [2.24, 2.45) is 0 Å². The maximum absolute atomic E-state index is 12.3. The molecule has 0 aliphatic heterocycles. The van der Waals surface area contributed by atoms with Gasteiger partial charge in [-0.1, -0.05) is 59.6 Å². The molecule has 3 heterocycles. The van der Waals surface area contributed by atoms with Gasteiger partial charge in [-0.15, -0.1) is 0 Å². The van der Waals surface area contributed by atoms with Crippen LogP contribution in [0.2, 0.25) is 5.02 Å². The van der Waals surface area contributed by atoms with Crippen molar-refractivity contribution in [1.82, 2.24) is 15.0 Å². The number of rotatable bonds is 3. The molecule has 2 aromatic carbocycles. The Morgan fingerprint density at radius 1 is 0.969 bits per heavy atom. The SMILES string of the molecule is CC(C)=Cc1cc(=O)[nH]c2nc(-c3ccccc3)c(-c3cc(Cl)c4ncccc4c3)cc12. The Morgan fingerprint density at radius 2 is 1.78 bits per heavy atom. The first-order chi connectivity index (χ1) is 15.5. The topological polar surface area (TPSA) is 58.6 Å². The average Bonchev–Trinajstić information content (AvgIpc) is 2.78. The molecular formula is C27H20ClN3O. The van der Waals surface area contributed by atoms with Crippen molar-refractivity contribution in [3.8, 4) is 22.4 Å². The number of fused-ring (bicyclic) bond motifs is 2. The molecule has 156 valence electrons. The standard InChI is InChI=1S/C27H20ClN3O/c1-16(2)11-19-14-24(32)30-27-22(19)15-21(25(31-27)17-7-4-3-5-8-17)20-12-18-9-6-10-29-26(18)23(28)13-20/h3-15H,1-2H3,(H,30,31,32). The molecule has 0 aliphatic carbocycles. The fourth-order valence-corrected chi connectivity index (χ4v) is 4.25. The van der Waals surface area contributed by atoms with Gasteiger partial charge in [-0.25, -0.2) is 4.98 Å². The lowest BCUT2D eigenvalue weighted by Crippen LogP contribution is -2.07. The minimum Gasteiger partial charge on any atom is -0.307 e. The first-order valence-corrected chi connectivity index (χ1v) is 10.7. The number of aromatic amines is 1. The van der Waals surface area contributed by atoms with E-state index in [-0.39, 0.29) is 5.56 Å². The number of pyridine rings is 3. The summed E-state index contributed by atoms with van der Waals surface area (Å²) in [6.07, 6.45) is 3.74. The zero-order chi connectivity index (χ0) is 22.2. The second-order valence-electron chi connectivity index (χ2n) is 7.99. The molecule has 0 aliphatic rings. The third-order valence-corrected chi connectivity index (χ3v) is 5.61. The lowest BCUT2D eigenvalue weighted by molar-refractivity contribution is 1.23. The van der Waals surface area contributed by atoms with Crippen molar-refractivity contribution < 1.29 is 0 Å². The number of nitrogens with one attached hydrogen (secondary N) is 1. The zero-order valence-corrected chi connectivity index (χ0v) is 18.4. The molecule has 5 aromatic rings. The van der Waals surface area contributed by atoms with Crippen LogP contribution in [0.1, 0.15) is 19.4 Å². The summed E-state index contributed by atoms with van der Waals surface area (Å²) in [7, 11) is 0. The van der Waals surface area contributed by atoms with Crippen LogP contribution in [0.5, 0.6) is 0 Å². The lowest BCUT2D eigenvalue weighted by atomic mass is 9.95. The van der Waals surface area contributed by atoms with Crippen molar-refractivity contribution in [2.45, 2.75) is 13.8 Å². The molecule has 0 spiro atoms. The van der Waals surface area contributed by atoms with Crippen LogP contribution >= 0.6 is 11.6 Å². The summed E-state index contributed by atoms with van der Waals surface area (Å²) in [5, 5.41) is 2.42. The van der Waals surface area contributed by atoms with Crippen molar-refractivity contribution in [3.05, 3.63) is 99.4 Å². The Hall–Kier alpha value is -3.76. The van der Waals surface area contributed by atoms with E-state index in [1.807, 2.05) is 68.5 Å². The molecule has 3 aromatic heterocycles. The van der Waals surface area contributed by atoms with Gasteiger partial charge in [0.05, 0.1) is 16.2 Å². The molecule has 5 rings (SSSR count). The highest BCUT2D eigenvalue weighted by Crippen LogP contribution is 2.37. The fourth-order valence-electron chi connectivity index (χ4n) is 3.97. The van der Waals surface area contributed by atoms with E-state index in [4.69, 9.17) is 16.6 Å². The van der Waals surface area contributed by atoms with E-state index < -0.39 is 0 Å². The number of allylic oxidation sites excluding steroid dienone is 1. The molecule has 1 N–H and O–H groups in total. The van der Waals surface area contributed by atoms with Gasteiger partial charge in [-0.2, -0.15) is 0 Å². The van der Waals surface area contributed by atoms with E-state index in [0.717, 1.165) is 49.8 Å². The first kappa shape index (κ1) is 20.2. The van der Waals surface area contributed by atoms with Crippen LogP contribution < -0.4 is 5.56 Å². The quantitative estimate of drug-likeness (QED) is 0.334. The normalized spacial score (nSPS) is 11.1. The highest BCUT2D eigenvalue weighted by molar-refractivity contribution is 6.35. The average molecular weight is 438 g/mol. The van der Waals surface area contributed by atoms with Gasteiger partial charge in [0.25, 0.3) is 0 Å². The summed E-state index contributed by atoms with van der Waals surface area (Å²) >= 11 is 6.61. The van der Waals surface area contributed by atoms with E-state index in [1.54, 1.807) is 12.3 Å².